The number of anilines is 1. The molecule has 0 radical (unpaired) electrons. The lowest BCUT2D eigenvalue weighted by molar-refractivity contribution is 0.0897. The van der Waals surface area contributed by atoms with Crippen molar-refractivity contribution in [2.45, 2.75) is 0 Å². The first-order valence-electron chi connectivity index (χ1n) is 7.64. The van der Waals surface area contributed by atoms with Crippen molar-refractivity contribution in [2.24, 2.45) is 0 Å². The topological polar surface area (TPSA) is 30.5 Å². The fourth-order valence-corrected chi connectivity index (χ4v) is 2.00. The summed E-state index contributed by atoms with van der Waals surface area (Å²) in [5.41, 5.74) is 3.34. The van der Waals surface area contributed by atoms with Crippen LogP contribution in [0, 0.1) is 0 Å². The second-order valence-electron chi connectivity index (χ2n) is 4.92. The predicted molar refractivity (Wildman–Crippen MR) is 93.6 cm³/mol. The fourth-order valence-electron chi connectivity index (χ4n) is 2.00. The van der Waals surface area contributed by atoms with Crippen LogP contribution in [0.5, 0.6) is 5.75 Å². The molecule has 2 aromatic carbocycles. The Morgan fingerprint density at radius 1 is 0.870 bits per heavy atom. The Morgan fingerprint density at radius 2 is 1.48 bits per heavy atom. The number of hydrogen-bond donors (Lipinski definition) is 1. The van der Waals surface area contributed by atoms with Crippen molar-refractivity contribution in [2.75, 3.05) is 38.9 Å². The van der Waals surface area contributed by atoms with Gasteiger partial charge in [0.15, 0.2) is 0 Å². The molecule has 0 fully saturated rings. The first-order valence-corrected chi connectivity index (χ1v) is 7.64. The minimum absolute atomic E-state index is 0.127. The van der Waals surface area contributed by atoms with Crippen LogP contribution >= 0.6 is 0 Å². The summed E-state index contributed by atoms with van der Waals surface area (Å²) in [6.07, 6.45) is 4.13. The lowest BCUT2D eigenvalue weighted by Gasteiger charge is -2.06. The van der Waals surface area contributed by atoms with Gasteiger partial charge in [0, 0.05) is 12.7 Å². The summed E-state index contributed by atoms with van der Waals surface area (Å²) in [6.45, 7) is 0.488. The van der Waals surface area contributed by atoms with Crippen molar-refractivity contribution < 1.29 is 13.9 Å². The molecule has 2 aromatic rings. The van der Waals surface area contributed by atoms with Gasteiger partial charge in [0.25, 0.3) is 0 Å². The molecule has 122 valence electrons. The van der Waals surface area contributed by atoms with Crippen LogP contribution in [0.25, 0.3) is 12.2 Å². The number of ether oxygens (including phenoxy) is 2. The molecule has 0 spiro atoms. The standard InChI is InChI=1S/C19H22FNO2/c1-21-18-8-4-16(5-9-18)2-3-17-6-10-19(11-7-17)23-15-14-22-13-12-20/h2-11,21H,12-15H2,1H3/b3-2+/i20-1. The van der Waals surface area contributed by atoms with Gasteiger partial charge in [-0.25, -0.2) is 4.39 Å². The third-order valence-electron chi connectivity index (χ3n) is 3.27. The Kier molecular flexibility index (Phi) is 7.14. The molecule has 0 aromatic heterocycles. The first kappa shape index (κ1) is 17.0. The average molecular weight is 314 g/mol. The number of benzene rings is 2. The van der Waals surface area contributed by atoms with E-state index in [4.69, 9.17) is 9.47 Å². The molecule has 4 heteroatoms. The Labute approximate surface area is 136 Å². The Balaban J connectivity index is 1.82. The van der Waals surface area contributed by atoms with Crippen molar-refractivity contribution in [3.8, 4) is 5.75 Å². The van der Waals surface area contributed by atoms with Crippen LogP contribution in [-0.4, -0.2) is 33.5 Å². The Hall–Kier alpha value is -2.33. The summed E-state index contributed by atoms with van der Waals surface area (Å²) in [4.78, 5) is 0. The molecule has 0 aliphatic carbocycles. The number of hydrogen-bond acceptors (Lipinski definition) is 3. The monoisotopic (exact) mass is 314 g/mol. The molecule has 2 rings (SSSR count). The molecule has 0 bridgehead atoms. The van der Waals surface area contributed by atoms with E-state index >= 15 is 0 Å². The van der Waals surface area contributed by atoms with Gasteiger partial charge in [0.05, 0.1) is 13.2 Å². The molecule has 0 aliphatic heterocycles. The first-order chi connectivity index (χ1) is 11.3. The number of nitrogens with one attached hydrogen (secondary N) is 1. The van der Waals surface area contributed by atoms with Gasteiger partial charge in [-0.3, -0.25) is 0 Å². The molecule has 0 saturated carbocycles. The van der Waals surface area contributed by atoms with Gasteiger partial charge in [-0.2, -0.15) is 0 Å². The minimum Gasteiger partial charge on any atom is -0.491 e. The van der Waals surface area contributed by atoms with Crippen molar-refractivity contribution in [1.82, 2.24) is 0 Å². The second kappa shape index (κ2) is 9.64. The van der Waals surface area contributed by atoms with Crippen LogP contribution in [0.4, 0.5) is 10.1 Å². The van der Waals surface area contributed by atoms with Crippen LogP contribution in [-0.2, 0) is 4.74 Å². The Bertz CT molecular complexity index is 594. The van der Waals surface area contributed by atoms with Crippen molar-refractivity contribution in [1.29, 1.82) is 0 Å². The molecule has 1 N–H and O–H groups in total. The van der Waals surface area contributed by atoms with Crippen LogP contribution in [0.1, 0.15) is 11.1 Å². The summed E-state index contributed by atoms with van der Waals surface area (Å²) in [7, 11) is 1.90. The summed E-state index contributed by atoms with van der Waals surface area (Å²) >= 11 is 0. The summed E-state index contributed by atoms with van der Waals surface area (Å²) in [5.74, 6) is 0.782. The molecule has 0 amide bonds. The lowest BCUT2D eigenvalue weighted by atomic mass is 10.1. The zero-order chi connectivity index (χ0) is 16.3. The quantitative estimate of drug-likeness (QED) is 0.554. The van der Waals surface area contributed by atoms with Gasteiger partial charge in [0.1, 0.15) is 19.0 Å². The Morgan fingerprint density at radius 3 is 2.04 bits per heavy atom. The molecule has 0 heterocycles. The van der Waals surface area contributed by atoms with Gasteiger partial charge >= 0.3 is 0 Å². The fraction of sp³-hybridized carbons (Fsp3) is 0.263. The zero-order valence-corrected chi connectivity index (χ0v) is 13.3. The van der Waals surface area contributed by atoms with E-state index in [2.05, 4.69) is 29.6 Å². The van der Waals surface area contributed by atoms with Crippen LogP contribution in [0.15, 0.2) is 48.5 Å². The average Bonchev–Trinajstić information content (AvgIpc) is 2.61. The van der Waals surface area contributed by atoms with E-state index in [1.807, 2.05) is 43.4 Å². The van der Waals surface area contributed by atoms with E-state index in [0.29, 0.717) is 13.2 Å². The normalized spacial score (nSPS) is 10.9. The second-order valence-corrected chi connectivity index (χ2v) is 4.92. The lowest BCUT2D eigenvalue weighted by Crippen LogP contribution is -2.08. The molecule has 0 unspecified atom stereocenters. The maximum atomic E-state index is 11.8. The summed E-state index contributed by atoms with van der Waals surface area (Å²) < 4.78 is 22.4. The van der Waals surface area contributed by atoms with Crippen molar-refractivity contribution in [3.05, 3.63) is 59.7 Å². The van der Waals surface area contributed by atoms with E-state index < -0.39 is 6.67 Å². The van der Waals surface area contributed by atoms with Crippen LogP contribution in [0.3, 0.4) is 0 Å². The number of alkyl halides is 1. The molecule has 3 nitrogen and oxygen atoms in total. The molecule has 0 atom stereocenters. The van der Waals surface area contributed by atoms with Crippen LogP contribution < -0.4 is 10.1 Å². The van der Waals surface area contributed by atoms with Gasteiger partial charge in [-0.1, -0.05) is 36.4 Å². The van der Waals surface area contributed by atoms with E-state index in [-0.39, 0.29) is 6.61 Å². The number of halogens is 1. The number of rotatable bonds is 9. The smallest absolute Gasteiger partial charge is 0.119 e. The highest BCUT2D eigenvalue weighted by atomic mass is 18.2. The van der Waals surface area contributed by atoms with Crippen molar-refractivity contribution >= 4 is 17.8 Å². The maximum absolute atomic E-state index is 11.8. The largest absolute Gasteiger partial charge is 0.491 e. The van der Waals surface area contributed by atoms with E-state index in [9.17, 15) is 4.39 Å². The molecule has 0 aliphatic rings. The SMILES string of the molecule is CNc1ccc(/C=C/c2ccc(OCCOCC[18F])cc2)cc1. The predicted octanol–water partition coefficient (Wildman–Crippen LogP) is 4.26. The summed E-state index contributed by atoms with van der Waals surface area (Å²) in [5, 5.41) is 3.10. The third-order valence-corrected chi connectivity index (χ3v) is 3.27. The highest BCUT2D eigenvalue weighted by Crippen LogP contribution is 2.15. The highest BCUT2D eigenvalue weighted by Gasteiger charge is 1.95. The van der Waals surface area contributed by atoms with Crippen LogP contribution in [0.2, 0.25) is 0 Å². The van der Waals surface area contributed by atoms with Gasteiger partial charge in [0.2, 0.25) is 0 Å². The molecule has 23 heavy (non-hydrogen) atoms. The van der Waals surface area contributed by atoms with Gasteiger partial charge in [-0.05, 0) is 35.4 Å². The maximum Gasteiger partial charge on any atom is 0.119 e. The minimum atomic E-state index is -0.460. The highest BCUT2D eigenvalue weighted by molar-refractivity contribution is 5.70. The summed E-state index contributed by atoms with van der Waals surface area (Å²) in [6, 6.07) is 16.0. The van der Waals surface area contributed by atoms with Gasteiger partial charge < -0.3 is 14.8 Å². The third kappa shape index (κ3) is 6.12. The zero-order valence-electron chi connectivity index (χ0n) is 13.3. The van der Waals surface area contributed by atoms with E-state index in [1.165, 1.54) is 0 Å². The van der Waals surface area contributed by atoms with Crippen molar-refractivity contribution in [3.63, 3.8) is 0 Å². The van der Waals surface area contributed by atoms with Gasteiger partial charge in [-0.15, -0.1) is 0 Å². The molecule has 0 saturated heterocycles. The van der Waals surface area contributed by atoms with E-state index in [0.717, 1.165) is 22.6 Å². The molecular weight excluding hydrogens is 292 g/mol. The van der Waals surface area contributed by atoms with E-state index in [1.54, 1.807) is 0 Å². The molecular formula is C19H22FNO2.